The smallest absolute Gasteiger partial charge is 0.0623 e. The molecule has 28 heavy (non-hydrogen) atoms. The minimum Gasteiger partial charge on any atom is -0.0623 e. The molecular weight excluding hydrogens is 352 g/mol. The third-order valence-electron chi connectivity index (χ3n) is 6.25. The lowest BCUT2D eigenvalue weighted by molar-refractivity contribution is 1.45. The molecule has 0 saturated carbocycles. The molecule has 4 aromatic rings. The van der Waals surface area contributed by atoms with Gasteiger partial charge in [0.15, 0.2) is 0 Å². The van der Waals surface area contributed by atoms with E-state index < -0.39 is 8.07 Å². The molecule has 0 unspecified atom stereocenters. The van der Waals surface area contributed by atoms with Crippen LogP contribution in [0.2, 0.25) is 13.1 Å². The lowest BCUT2D eigenvalue weighted by Crippen LogP contribution is -2.54. The number of rotatable bonds is 0. The van der Waals surface area contributed by atoms with Crippen molar-refractivity contribution in [3.8, 4) is 33.4 Å². The molecule has 0 bridgehead atoms. The first-order valence-electron chi connectivity index (χ1n) is 9.98. The van der Waals surface area contributed by atoms with Gasteiger partial charge in [-0.15, -0.1) is 0 Å². The Bertz CT molecular complexity index is 1200. The summed E-state index contributed by atoms with van der Waals surface area (Å²) >= 11 is 0. The maximum atomic E-state index is 2.49. The molecule has 1 aliphatic rings. The van der Waals surface area contributed by atoms with Crippen LogP contribution >= 0.6 is 0 Å². The maximum Gasteiger partial charge on any atom is 0.113 e. The SMILES string of the molecule is Cc1cccc2c1-c1ccccc1-c1ccccc1[Si](C)(C)c1ccccc1-2. The predicted octanol–water partition coefficient (Wildman–Crippen LogP) is 6.13. The van der Waals surface area contributed by atoms with Gasteiger partial charge in [0.1, 0.15) is 8.07 Å². The second kappa shape index (κ2) is 6.32. The van der Waals surface area contributed by atoms with Crippen molar-refractivity contribution in [3.05, 3.63) is 96.6 Å². The van der Waals surface area contributed by atoms with E-state index in [1.54, 1.807) is 0 Å². The summed E-state index contributed by atoms with van der Waals surface area (Å²) in [6.45, 7) is 7.23. The van der Waals surface area contributed by atoms with Gasteiger partial charge in [-0.2, -0.15) is 0 Å². The lowest BCUT2D eigenvalue weighted by Gasteiger charge is -2.28. The quantitative estimate of drug-likeness (QED) is 0.324. The molecule has 1 heterocycles. The van der Waals surface area contributed by atoms with Crippen LogP contribution in [-0.4, -0.2) is 8.07 Å². The van der Waals surface area contributed by atoms with Gasteiger partial charge in [-0.1, -0.05) is 104 Å². The van der Waals surface area contributed by atoms with Crippen LogP contribution in [0.1, 0.15) is 5.56 Å². The lowest BCUT2D eigenvalue weighted by atomic mass is 9.87. The number of hydrogen-bond acceptors (Lipinski definition) is 0. The Labute approximate surface area is 168 Å². The maximum absolute atomic E-state index is 2.49. The van der Waals surface area contributed by atoms with Gasteiger partial charge < -0.3 is 0 Å². The van der Waals surface area contributed by atoms with Gasteiger partial charge in [-0.25, -0.2) is 0 Å². The number of hydrogen-bond donors (Lipinski definition) is 0. The summed E-state index contributed by atoms with van der Waals surface area (Å²) in [6.07, 6.45) is 0. The average molecular weight is 377 g/mol. The van der Waals surface area contributed by atoms with Gasteiger partial charge in [-0.05, 0) is 56.2 Å². The van der Waals surface area contributed by atoms with Gasteiger partial charge in [-0.3, -0.25) is 0 Å². The van der Waals surface area contributed by atoms with Gasteiger partial charge in [0.05, 0.1) is 0 Å². The summed E-state index contributed by atoms with van der Waals surface area (Å²) in [7, 11) is -1.90. The third-order valence-corrected chi connectivity index (χ3v) is 9.82. The molecular formula is C27H24Si. The Balaban J connectivity index is 2.04. The van der Waals surface area contributed by atoms with E-state index >= 15 is 0 Å². The van der Waals surface area contributed by atoms with Crippen LogP contribution in [0.4, 0.5) is 0 Å². The molecule has 1 heteroatoms. The highest BCUT2D eigenvalue weighted by atomic mass is 28.3. The Morgan fingerprint density at radius 3 is 1.57 bits per heavy atom. The van der Waals surface area contributed by atoms with Crippen LogP contribution in [0.3, 0.4) is 0 Å². The molecule has 4 aromatic carbocycles. The van der Waals surface area contributed by atoms with Gasteiger partial charge in [0.25, 0.3) is 0 Å². The van der Waals surface area contributed by atoms with Crippen molar-refractivity contribution in [1.82, 2.24) is 0 Å². The summed E-state index contributed by atoms with van der Waals surface area (Å²) in [5.41, 5.74) is 9.53. The van der Waals surface area contributed by atoms with Crippen molar-refractivity contribution in [2.75, 3.05) is 0 Å². The minimum absolute atomic E-state index is 1.33. The van der Waals surface area contributed by atoms with Crippen molar-refractivity contribution in [3.63, 3.8) is 0 Å². The van der Waals surface area contributed by atoms with Crippen LogP contribution in [-0.2, 0) is 0 Å². The first kappa shape index (κ1) is 17.2. The van der Waals surface area contributed by atoms with Crippen LogP contribution in [0.25, 0.3) is 33.4 Å². The number of fused-ring (bicyclic) bond motifs is 7. The molecule has 0 fully saturated rings. The Morgan fingerprint density at radius 1 is 0.464 bits per heavy atom. The van der Waals surface area contributed by atoms with Gasteiger partial charge >= 0.3 is 0 Å². The second-order valence-corrected chi connectivity index (χ2v) is 12.6. The normalized spacial score (nSPS) is 13.8. The van der Waals surface area contributed by atoms with E-state index in [9.17, 15) is 0 Å². The van der Waals surface area contributed by atoms with Crippen molar-refractivity contribution in [1.29, 1.82) is 0 Å². The highest BCUT2D eigenvalue weighted by Crippen LogP contribution is 2.41. The van der Waals surface area contributed by atoms with E-state index in [0.717, 1.165) is 0 Å². The van der Waals surface area contributed by atoms with Gasteiger partial charge in [0, 0.05) is 0 Å². The van der Waals surface area contributed by atoms with E-state index in [2.05, 4.69) is 111 Å². The van der Waals surface area contributed by atoms with Crippen LogP contribution in [0.5, 0.6) is 0 Å². The molecule has 0 spiro atoms. The molecule has 0 nitrogen and oxygen atoms in total. The summed E-state index contributed by atoms with van der Waals surface area (Å²) in [5, 5.41) is 3.03. The van der Waals surface area contributed by atoms with E-state index in [0.29, 0.717) is 0 Å². The molecule has 0 N–H and O–H groups in total. The van der Waals surface area contributed by atoms with Crippen molar-refractivity contribution in [2.45, 2.75) is 20.0 Å². The summed E-state index contributed by atoms with van der Waals surface area (Å²) in [5.74, 6) is 0. The van der Waals surface area contributed by atoms with Crippen LogP contribution in [0.15, 0.2) is 91.0 Å². The molecule has 5 rings (SSSR count). The topological polar surface area (TPSA) is 0 Å². The first-order valence-corrected chi connectivity index (χ1v) is 13.0. The van der Waals surface area contributed by atoms with E-state index in [-0.39, 0.29) is 0 Å². The Morgan fingerprint density at radius 2 is 0.929 bits per heavy atom. The van der Waals surface area contributed by atoms with Crippen molar-refractivity contribution in [2.24, 2.45) is 0 Å². The fourth-order valence-electron chi connectivity index (χ4n) is 4.86. The van der Waals surface area contributed by atoms with Crippen molar-refractivity contribution >= 4 is 18.4 Å². The molecule has 0 saturated heterocycles. The molecule has 1 aliphatic heterocycles. The molecule has 0 amide bonds. The molecule has 0 aromatic heterocycles. The summed E-state index contributed by atoms with van der Waals surface area (Å²) in [4.78, 5) is 0. The highest BCUT2D eigenvalue weighted by Gasteiger charge is 2.33. The Kier molecular flexibility index (Phi) is 3.89. The molecule has 0 radical (unpaired) electrons. The Hall–Kier alpha value is -2.90. The zero-order valence-electron chi connectivity index (χ0n) is 16.7. The van der Waals surface area contributed by atoms with E-state index in [4.69, 9.17) is 0 Å². The van der Waals surface area contributed by atoms with Crippen LogP contribution < -0.4 is 10.4 Å². The third kappa shape index (κ3) is 2.43. The minimum atomic E-state index is -1.90. The zero-order valence-corrected chi connectivity index (χ0v) is 17.7. The zero-order chi connectivity index (χ0) is 19.3. The molecule has 0 aliphatic carbocycles. The molecule has 0 atom stereocenters. The monoisotopic (exact) mass is 376 g/mol. The average Bonchev–Trinajstić information content (AvgIpc) is 2.76. The largest absolute Gasteiger partial charge is 0.113 e. The first-order chi connectivity index (χ1) is 13.6. The molecule has 136 valence electrons. The fraction of sp³-hybridized carbons (Fsp3) is 0.111. The fourth-order valence-corrected chi connectivity index (χ4v) is 7.96. The van der Waals surface area contributed by atoms with E-state index in [1.165, 1.54) is 49.3 Å². The van der Waals surface area contributed by atoms with E-state index in [1.807, 2.05) is 0 Å². The number of benzene rings is 4. The van der Waals surface area contributed by atoms with Crippen molar-refractivity contribution < 1.29 is 0 Å². The number of aryl methyl sites for hydroxylation is 1. The predicted molar refractivity (Wildman–Crippen MR) is 124 cm³/mol. The second-order valence-electron chi connectivity index (χ2n) is 8.26. The van der Waals surface area contributed by atoms with Gasteiger partial charge in [0.2, 0.25) is 0 Å². The summed E-state index contributed by atoms with van der Waals surface area (Å²) in [6, 6.07) is 33.8. The summed E-state index contributed by atoms with van der Waals surface area (Å²) < 4.78 is 0. The highest BCUT2D eigenvalue weighted by molar-refractivity contribution is 7.02. The standard InChI is InChI=1S/C27H24Si/c1-19-11-10-16-24-22-14-7-9-18-26(22)28(2,3)25-17-8-6-13-21(25)20-12-4-5-15-23(20)27(19)24/h4-18H,1-3H3. The van der Waals surface area contributed by atoms with Crippen LogP contribution in [0, 0.1) is 6.92 Å².